The molecule has 3 fully saturated rings. The molecule has 0 aromatic rings. The first-order chi connectivity index (χ1) is 14.2. The number of unbranched alkanes of at least 4 members (excludes halogenated alkanes) is 2. The molecule has 2 bridgehead atoms. The number of carbonyl (C=O) groups is 3. The van der Waals surface area contributed by atoms with Gasteiger partial charge in [0.1, 0.15) is 11.6 Å². The molecule has 8 nitrogen and oxygen atoms in total. The van der Waals surface area contributed by atoms with Crippen LogP contribution >= 0.6 is 0 Å². The van der Waals surface area contributed by atoms with Crippen LogP contribution in [0.15, 0.2) is 0 Å². The predicted octanol–water partition coefficient (Wildman–Crippen LogP) is 0.820. The zero-order valence-corrected chi connectivity index (χ0v) is 18.9. The average Bonchev–Trinajstić information content (AvgIpc) is 3.23. The van der Waals surface area contributed by atoms with E-state index in [4.69, 9.17) is 4.74 Å². The zero-order chi connectivity index (χ0) is 22.3. The van der Waals surface area contributed by atoms with Crippen LogP contribution in [0, 0.1) is 17.8 Å². The van der Waals surface area contributed by atoms with Crippen LogP contribution in [0.4, 0.5) is 0 Å². The lowest BCUT2D eigenvalue weighted by molar-refractivity contribution is -0.150. The summed E-state index contributed by atoms with van der Waals surface area (Å²) in [5.74, 6) is -2.09. The van der Waals surface area contributed by atoms with E-state index in [-0.39, 0.29) is 30.2 Å². The topological polar surface area (TPSA) is 108 Å². The Labute approximate surface area is 179 Å². The number of likely N-dealkylation sites (tertiary alicyclic amines) is 1. The smallest absolute Gasteiger partial charge is 0.245 e. The Morgan fingerprint density at radius 3 is 2.57 bits per heavy atom. The minimum absolute atomic E-state index is 0.0217. The van der Waals surface area contributed by atoms with Crippen LogP contribution in [0.1, 0.15) is 59.8 Å². The standard InChI is InChI=1S/C22H37N3O5/c1-6-8-9-10-24-19(28)17-22-11-13(3)21(4,30-22)15(18(27)23-5)16(22)20(29)25(17)14(7-2)12-26/h13-17,26H,6-12H2,1-5H3,(H,23,27)(H,24,28)/t13?,14-,15+,16-,17?,21-,22?/m0/s1. The summed E-state index contributed by atoms with van der Waals surface area (Å²) in [6, 6.07) is -1.33. The molecule has 30 heavy (non-hydrogen) atoms. The highest BCUT2D eigenvalue weighted by molar-refractivity contribution is 5.99. The number of amides is 3. The van der Waals surface area contributed by atoms with Crippen LogP contribution in [0.2, 0.25) is 0 Å². The summed E-state index contributed by atoms with van der Waals surface area (Å²) in [5.41, 5.74) is -1.84. The SMILES string of the molecule is CCCCCNC(=O)C1N([C@@H](CC)CO)C(=O)[C@@H]2[C@H](C(=O)NC)[C@@]3(C)OC12CC3C. The highest BCUT2D eigenvalue weighted by Gasteiger charge is 2.80. The van der Waals surface area contributed by atoms with Crippen molar-refractivity contribution in [2.45, 2.75) is 83.1 Å². The Bertz CT molecular complexity index is 696. The second kappa shape index (κ2) is 8.46. The fourth-order valence-corrected chi connectivity index (χ4v) is 6.02. The summed E-state index contributed by atoms with van der Waals surface area (Å²) in [7, 11) is 1.56. The maximum absolute atomic E-state index is 13.7. The van der Waals surface area contributed by atoms with Crippen molar-refractivity contribution in [2.24, 2.45) is 17.8 Å². The molecule has 3 N–H and O–H groups in total. The molecule has 170 valence electrons. The largest absolute Gasteiger partial charge is 0.394 e. The summed E-state index contributed by atoms with van der Waals surface area (Å²) in [6.45, 7) is 8.20. The van der Waals surface area contributed by atoms with Gasteiger partial charge in [-0.1, -0.05) is 33.6 Å². The molecule has 0 saturated carbocycles. The Morgan fingerprint density at radius 2 is 2.00 bits per heavy atom. The molecule has 3 amide bonds. The van der Waals surface area contributed by atoms with Gasteiger partial charge in [-0.3, -0.25) is 14.4 Å². The van der Waals surface area contributed by atoms with Crippen LogP contribution in [-0.2, 0) is 19.1 Å². The normalized spacial score (nSPS) is 37.9. The van der Waals surface area contributed by atoms with Crippen LogP contribution in [-0.4, -0.2) is 71.2 Å². The summed E-state index contributed by atoms with van der Waals surface area (Å²) in [5, 5.41) is 15.6. The first kappa shape index (κ1) is 23.0. The second-order valence-corrected chi connectivity index (χ2v) is 9.31. The van der Waals surface area contributed by atoms with Crippen LogP contribution < -0.4 is 10.6 Å². The number of aliphatic hydroxyl groups is 1. The van der Waals surface area contributed by atoms with Gasteiger partial charge in [0.25, 0.3) is 0 Å². The second-order valence-electron chi connectivity index (χ2n) is 9.31. The van der Waals surface area contributed by atoms with Crippen molar-refractivity contribution in [3.8, 4) is 0 Å². The van der Waals surface area contributed by atoms with Crippen molar-refractivity contribution in [3.63, 3.8) is 0 Å². The summed E-state index contributed by atoms with van der Waals surface area (Å²) in [6.07, 6.45) is 3.98. The molecule has 3 saturated heterocycles. The van der Waals surface area contributed by atoms with Crippen molar-refractivity contribution in [3.05, 3.63) is 0 Å². The summed E-state index contributed by atoms with van der Waals surface area (Å²) < 4.78 is 6.55. The summed E-state index contributed by atoms with van der Waals surface area (Å²) in [4.78, 5) is 41.5. The van der Waals surface area contributed by atoms with E-state index in [2.05, 4.69) is 17.6 Å². The molecular weight excluding hydrogens is 386 g/mol. The quantitative estimate of drug-likeness (QED) is 0.476. The van der Waals surface area contributed by atoms with Crippen LogP contribution in [0.3, 0.4) is 0 Å². The molecule has 7 atom stereocenters. The molecule has 3 aliphatic heterocycles. The number of fused-ring (bicyclic) bond motifs is 1. The fourth-order valence-electron chi connectivity index (χ4n) is 6.02. The van der Waals surface area contributed by atoms with Gasteiger partial charge in [-0.25, -0.2) is 0 Å². The van der Waals surface area contributed by atoms with E-state index in [9.17, 15) is 19.5 Å². The minimum atomic E-state index is -1.04. The Morgan fingerprint density at radius 1 is 1.30 bits per heavy atom. The number of carbonyl (C=O) groups excluding carboxylic acids is 3. The van der Waals surface area contributed by atoms with E-state index in [1.165, 1.54) is 4.90 Å². The number of ether oxygens (including phenoxy) is 1. The first-order valence-corrected chi connectivity index (χ1v) is 11.4. The van der Waals surface area contributed by atoms with Crippen LogP contribution in [0.5, 0.6) is 0 Å². The van der Waals surface area contributed by atoms with Gasteiger partial charge in [0.05, 0.1) is 30.1 Å². The minimum Gasteiger partial charge on any atom is -0.394 e. The van der Waals surface area contributed by atoms with Gasteiger partial charge >= 0.3 is 0 Å². The van der Waals surface area contributed by atoms with Crippen molar-refractivity contribution in [1.82, 2.24) is 15.5 Å². The molecule has 3 unspecified atom stereocenters. The molecule has 0 aliphatic carbocycles. The number of rotatable bonds is 9. The number of hydrogen-bond donors (Lipinski definition) is 3. The highest BCUT2D eigenvalue weighted by atomic mass is 16.5. The molecular formula is C22H37N3O5. The van der Waals surface area contributed by atoms with Gasteiger partial charge in [0.15, 0.2) is 0 Å². The number of nitrogens with zero attached hydrogens (tertiary/aromatic N) is 1. The molecule has 0 aromatic carbocycles. The maximum Gasteiger partial charge on any atom is 0.245 e. The van der Waals surface area contributed by atoms with Gasteiger partial charge in [0.2, 0.25) is 17.7 Å². The first-order valence-electron chi connectivity index (χ1n) is 11.4. The van der Waals surface area contributed by atoms with E-state index in [0.29, 0.717) is 19.4 Å². The fraction of sp³-hybridized carbons (Fsp3) is 0.864. The average molecular weight is 424 g/mol. The Balaban J connectivity index is 2.03. The van der Waals surface area contributed by atoms with Gasteiger partial charge in [-0.05, 0) is 32.1 Å². The van der Waals surface area contributed by atoms with Crippen LogP contribution in [0.25, 0.3) is 0 Å². The lowest BCUT2D eigenvalue weighted by atomic mass is 9.62. The molecule has 0 aromatic heterocycles. The number of nitrogens with one attached hydrogen (secondary N) is 2. The highest BCUT2D eigenvalue weighted by Crippen LogP contribution is 2.65. The van der Waals surface area contributed by atoms with E-state index in [1.807, 2.05) is 20.8 Å². The van der Waals surface area contributed by atoms with Crippen molar-refractivity contribution in [1.29, 1.82) is 0 Å². The monoisotopic (exact) mass is 423 g/mol. The number of hydrogen-bond acceptors (Lipinski definition) is 5. The third-order valence-electron chi connectivity index (χ3n) is 7.68. The zero-order valence-electron chi connectivity index (χ0n) is 18.9. The number of aliphatic hydroxyl groups excluding tert-OH is 1. The van der Waals surface area contributed by atoms with Gasteiger partial charge < -0.3 is 25.4 Å². The van der Waals surface area contributed by atoms with Crippen molar-refractivity contribution in [2.75, 3.05) is 20.2 Å². The maximum atomic E-state index is 13.7. The third-order valence-corrected chi connectivity index (χ3v) is 7.68. The van der Waals surface area contributed by atoms with E-state index < -0.39 is 35.1 Å². The van der Waals surface area contributed by atoms with Gasteiger partial charge in [-0.2, -0.15) is 0 Å². The van der Waals surface area contributed by atoms with E-state index in [0.717, 1.165) is 19.3 Å². The lowest BCUT2D eigenvalue weighted by Gasteiger charge is -2.36. The molecule has 0 radical (unpaired) electrons. The molecule has 3 heterocycles. The Kier molecular flexibility index (Phi) is 6.49. The predicted molar refractivity (Wildman–Crippen MR) is 111 cm³/mol. The van der Waals surface area contributed by atoms with E-state index >= 15 is 0 Å². The van der Waals surface area contributed by atoms with Gasteiger partial charge in [0, 0.05) is 13.6 Å². The van der Waals surface area contributed by atoms with Crippen molar-refractivity contribution < 1.29 is 24.2 Å². The molecule has 1 spiro atoms. The Hall–Kier alpha value is -1.67. The molecule has 3 aliphatic rings. The van der Waals surface area contributed by atoms with E-state index in [1.54, 1.807) is 7.05 Å². The molecule has 3 rings (SSSR count). The van der Waals surface area contributed by atoms with Crippen molar-refractivity contribution >= 4 is 17.7 Å². The summed E-state index contributed by atoms with van der Waals surface area (Å²) >= 11 is 0. The lowest BCUT2D eigenvalue weighted by Crippen LogP contribution is -2.58. The van der Waals surface area contributed by atoms with Gasteiger partial charge in [-0.15, -0.1) is 0 Å². The third kappa shape index (κ3) is 3.14. The molecule has 8 heteroatoms.